The van der Waals surface area contributed by atoms with Crippen molar-refractivity contribution in [3.63, 3.8) is 0 Å². The van der Waals surface area contributed by atoms with Crippen LogP contribution in [0, 0.1) is 0 Å². The van der Waals surface area contributed by atoms with E-state index in [2.05, 4.69) is 38.0 Å². The molecule has 0 bridgehead atoms. The number of pyridine rings is 1. The number of hydrogen-bond donors (Lipinski definition) is 1. The van der Waals surface area contributed by atoms with Crippen molar-refractivity contribution >= 4 is 17.4 Å². The van der Waals surface area contributed by atoms with E-state index in [-0.39, 0.29) is 0 Å². The lowest BCUT2D eigenvalue weighted by Crippen LogP contribution is -2.31. The Morgan fingerprint density at radius 2 is 1.95 bits per heavy atom. The van der Waals surface area contributed by atoms with Crippen molar-refractivity contribution in [2.75, 3.05) is 18.5 Å². The zero-order chi connectivity index (χ0) is 14.3. The van der Waals surface area contributed by atoms with Gasteiger partial charge in [0.25, 0.3) is 0 Å². The number of aromatic nitrogens is 1. The van der Waals surface area contributed by atoms with Crippen LogP contribution in [0.15, 0.2) is 12.1 Å². The minimum atomic E-state index is 0.533. The van der Waals surface area contributed by atoms with E-state index in [1.165, 1.54) is 0 Å². The van der Waals surface area contributed by atoms with Crippen LogP contribution in [-0.4, -0.2) is 24.6 Å². The Morgan fingerprint density at radius 3 is 2.53 bits per heavy atom. The largest absolute Gasteiger partial charge is 0.357 e. The summed E-state index contributed by atoms with van der Waals surface area (Å²) in [6, 6.07) is 4.49. The average molecular weight is 284 g/mol. The molecule has 0 aliphatic heterocycles. The standard InChI is InChI=1S/C15H26ClN3/c1-5-10-17-11-14-13(16)8-9-15(18-14)19(4)12(6-2)7-3/h8-9,12,17H,5-7,10-11H2,1-4H3. The highest BCUT2D eigenvalue weighted by Gasteiger charge is 2.13. The number of nitrogens with one attached hydrogen (secondary N) is 1. The maximum absolute atomic E-state index is 6.21. The molecule has 4 heteroatoms. The maximum Gasteiger partial charge on any atom is 0.128 e. The molecular weight excluding hydrogens is 258 g/mol. The summed E-state index contributed by atoms with van der Waals surface area (Å²) in [4.78, 5) is 6.94. The summed E-state index contributed by atoms with van der Waals surface area (Å²) in [7, 11) is 2.11. The first-order valence-corrected chi connectivity index (χ1v) is 7.60. The molecule has 0 spiro atoms. The summed E-state index contributed by atoms with van der Waals surface area (Å²) in [5.41, 5.74) is 0.936. The van der Waals surface area contributed by atoms with E-state index < -0.39 is 0 Å². The van der Waals surface area contributed by atoms with Gasteiger partial charge in [-0.15, -0.1) is 0 Å². The van der Waals surface area contributed by atoms with Gasteiger partial charge >= 0.3 is 0 Å². The van der Waals surface area contributed by atoms with Crippen molar-refractivity contribution in [3.8, 4) is 0 Å². The van der Waals surface area contributed by atoms with Gasteiger partial charge in [0.05, 0.1) is 10.7 Å². The van der Waals surface area contributed by atoms with Gasteiger partial charge in [-0.25, -0.2) is 4.98 Å². The van der Waals surface area contributed by atoms with Crippen LogP contribution in [-0.2, 0) is 6.54 Å². The van der Waals surface area contributed by atoms with E-state index in [9.17, 15) is 0 Å². The average Bonchev–Trinajstić information content (AvgIpc) is 2.42. The van der Waals surface area contributed by atoms with Gasteiger partial charge in [-0.2, -0.15) is 0 Å². The lowest BCUT2D eigenvalue weighted by atomic mass is 10.1. The number of hydrogen-bond acceptors (Lipinski definition) is 3. The molecule has 0 saturated carbocycles. The smallest absolute Gasteiger partial charge is 0.128 e. The van der Waals surface area contributed by atoms with Gasteiger partial charge in [0.15, 0.2) is 0 Å². The van der Waals surface area contributed by atoms with Crippen molar-refractivity contribution in [2.45, 2.75) is 52.6 Å². The summed E-state index contributed by atoms with van der Waals surface area (Å²) < 4.78 is 0. The molecule has 1 heterocycles. The summed E-state index contributed by atoms with van der Waals surface area (Å²) in [5.74, 6) is 1.01. The minimum Gasteiger partial charge on any atom is -0.357 e. The second kappa shape index (κ2) is 8.39. The van der Waals surface area contributed by atoms with Gasteiger partial charge in [0.1, 0.15) is 5.82 Å². The zero-order valence-corrected chi connectivity index (χ0v) is 13.3. The first kappa shape index (κ1) is 16.3. The minimum absolute atomic E-state index is 0.533. The Labute approximate surface area is 122 Å². The Morgan fingerprint density at radius 1 is 1.26 bits per heavy atom. The highest BCUT2D eigenvalue weighted by atomic mass is 35.5. The third-order valence-electron chi connectivity index (χ3n) is 3.47. The number of anilines is 1. The molecule has 0 radical (unpaired) electrons. The molecule has 0 aromatic carbocycles. The van der Waals surface area contributed by atoms with E-state index >= 15 is 0 Å². The molecule has 0 unspecified atom stereocenters. The molecular formula is C15H26ClN3. The number of halogens is 1. The van der Waals surface area contributed by atoms with Crippen molar-refractivity contribution in [2.24, 2.45) is 0 Å². The molecule has 108 valence electrons. The van der Waals surface area contributed by atoms with E-state index in [1.807, 2.05) is 12.1 Å². The van der Waals surface area contributed by atoms with E-state index in [4.69, 9.17) is 16.6 Å². The summed E-state index contributed by atoms with van der Waals surface area (Å²) in [6.45, 7) is 8.30. The van der Waals surface area contributed by atoms with Gasteiger partial charge in [-0.05, 0) is 37.9 Å². The van der Waals surface area contributed by atoms with E-state index in [1.54, 1.807) is 0 Å². The van der Waals surface area contributed by atoms with Crippen molar-refractivity contribution in [1.29, 1.82) is 0 Å². The first-order chi connectivity index (χ1) is 9.13. The van der Waals surface area contributed by atoms with Crippen LogP contribution in [0.5, 0.6) is 0 Å². The normalized spacial score (nSPS) is 11.1. The van der Waals surface area contributed by atoms with E-state index in [0.29, 0.717) is 6.04 Å². The Hall–Kier alpha value is -0.800. The lowest BCUT2D eigenvalue weighted by molar-refractivity contribution is 0.584. The highest BCUT2D eigenvalue weighted by Crippen LogP contribution is 2.21. The van der Waals surface area contributed by atoms with Crippen LogP contribution in [0.1, 0.15) is 45.7 Å². The predicted molar refractivity (Wildman–Crippen MR) is 84.0 cm³/mol. The van der Waals surface area contributed by atoms with Gasteiger partial charge in [-0.3, -0.25) is 0 Å². The Kier molecular flexibility index (Phi) is 7.17. The van der Waals surface area contributed by atoms with Crippen LogP contribution in [0.25, 0.3) is 0 Å². The molecule has 1 aromatic heterocycles. The Balaban J connectivity index is 2.82. The molecule has 0 atom stereocenters. The monoisotopic (exact) mass is 283 g/mol. The molecule has 3 nitrogen and oxygen atoms in total. The second-order valence-corrected chi connectivity index (χ2v) is 5.26. The SMILES string of the molecule is CCCNCc1nc(N(C)C(CC)CC)ccc1Cl. The Bertz CT molecular complexity index is 378. The maximum atomic E-state index is 6.21. The molecule has 0 aliphatic rings. The van der Waals surface area contributed by atoms with Gasteiger partial charge < -0.3 is 10.2 Å². The fourth-order valence-electron chi connectivity index (χ4n) is 2.20. The zero-order valence-electron chi connectivity index (χ0n) is 12.5. The van der Waals surface area contributed by atoms with Crippen molar-refractivity contribution < 1.29 is 0 Å². The quantitative estimate of drug-likeness (QED) is 0.734. The highest BCUT2D eigenvalue weighted by molar-refractivity contribution is 6.31. The molecule has 0 saturated heterocycles. The molecule has 1 N–H and O–H groups in total. The number of rotatable bonds is 8. The molecule has 1 aromatic rings. The summed E-state index contributed by atoms with van der Waals surface area (Å²) in [5, 5.41) is 4.09. The summed E-state index contributed by atoms with van der Waals surface area (Å²) >= 11 is 6.21. The van der Waals surface area contributed by atoms with Crippen LogP contribution >= 0.6 is 11.6 Å². The third-order valence-corrected chi connectivity index (χ3v) is 3.82. The van der Waals surface area contributed by atoms with Crippen LogP contribution in [0.2, 0.25) is 5.02 Å². The number of nitrogens with zero attached hydrogens (tertiary/aromatic N) is 2. The van der Waals surface area contributed by atoms with Crippen molar-refractivity contribution in [3.05, 3.63) is 22.8 Å². The molecule has 0 amide bonds. The topological polar surface area (TPSA) is 28.2 Å². The van der Waals surface area contributed by atoms with Crippen molar-refractivity contribution in [1.82, 2.24) is 10.3 Å². The lowest BCUT2D eigenvalue weighted by Gasteiger charge is -2.27. The predicted octanol–water partition coefficient (Wildman–Crippen LogP) is 3.86. The molecule has 19 heavy (non-hydrogen) atoms. The van der Waals surface area contributed by atoms with Gasteiger partial charge in [-0.1, -0.05) is 32.4 Å². The van der Waals surface area contributed by atoms with Crippen LogP contribution in [0.4, 0.5) is 5.82 Å². The van der Waals surface area contributed by atoms with Gasteiger partial charge in [0, 0.05) is 19.6 Å². The van der Waals surface area contributed by atoms with Gasteiger partial charge in [0.2, 0.25) is 0 Å². The molecule has 1 rings (SSSR count). The summed E-state index contributed by atoms with van der Waals surface area (Å²) in [6.07, 6.45) is 3.37. The third kappa shape index (κ3) is 4.66. The van der Waals surface area contributed by atoms with Crippen LogP contribution in [0.3, 0.4) is 0 Å². The molecule has 0 aliphatic carbocycles. The fourth-order valence-corrected chi connectivity index (χ4v) is 2.37. The van der Waals surface area contributed by atoms with E-state index in [0.717, 1.165) is 48.9 Å². The molecule has 0 fully saturated rings. The fraction of sp³-hybridized carbons (Fsp3) is 0.667. The second-order valence-electron chi connectivity index (χ2n) is 4.86. The van der Waals surface area contributed by atoms with Crippen LogP contribution < -0.4 is 10.2 Å². The first-order valence-electron chi connectivity index (χ1n) is 7.22.